The van der Waals surface area contributed by atoms with Crippen molar-refractivity contribution in [3.63, 3.8) is 0 Å². The molecule has 6 heteroatoms. The van der Waals surface area contributed by atoms with Crippen molar-refractivity contribution < 1.29 is 9.53 Å². The first-order chi connectivity index (χ1) is 11.6. The molecular formula is C18H22N4O2. The summed E-state index contributed by atoms with van der Waals surface area (Å²) in [5.74, 6) is 1.77. The van der Waals surface area contributed by atoms with Crippen LogP contribution in [0.4, 0.5) is 10.6 Å². The Kier molecular flexibility index (Phi) is 4.84. The van der Waals surface area contributed by atoms with E-state index in [9.17, 15) is 4.79 Å². The fourth-order valence-electron chi connectivity index (χ4n) is 2.78. The van der Waals surface area contributed by atoms with Crippen molar-refractivity contribution in [3.8, 4) is 5.75 Å². The largest absolute Gasteiger partial charge is 0.488 e. The summed E-state index contributed by atoms with van der Waals surface area (Å²) in [6, 6.07) is 11.6. The monoisotopic (exact) mass is 326 g/mol. The number of urea groups is 1. The van der Waals surface area contributed by atoms with Crippen LogP contribution >= 0.6 is 0 Å². The first-order valence-electron chi connectivity index (χ1n) is 8.01. The molecule has 1 aromatic carbocycles. The Hall–Kier alpha value is -2.76. The second kappa shape index (κ2) is 7.21. The molecule has 1 atom stereocenters. The predicted molar refractivity (Wildman–Crippen MR) is 93.4 cm³/mol. The van der Waals surface area contributed by atoms with Gasteiger partial charge in [0.15, 0.2) is 0 Å². The zero-order valence-corrected chi connectivity index (χ0v) is 14.0. The van der Waals surface area contributed by atoms with Crippen molar-refractivity contribution in [2.75, 3.05) is 25.5 Å². The van der Waals surface area contributed by atoms with Gasteiger partial charge < -0.3 is 20.3 Å². The summed E-state index contributed by atoms with van der Waals surface area (Å²) in [4.78, 5) is 18.3. The van der Waals surface area contributed by atoms with E-state index in [1.54, 1.807) is 6.20 Å². The maximum Gasteiger partial charge on any atom is 0.315 e. The van der Waals surface area contributed by atoms with Crippen molar-refractivity contribution in [2.45, 2.75) is 19.1 Å². The number of carbonyl (C=O) groups excluding carboxylic acids is 1. The van der Waals surface area contributed by atoms with E-state index in [-0.39, 0.29) is 12.1 Å². The number of aromatic nitrogens is 1. The number of anilines is 1. The van der Waals surface area contributed by atoms with Crippen LogP contribution in [0.3, 0.4) is 0 Å². The zero-order valence-electron chi connectivity index (χ0n) is 14.0. The van der Waals surface area contributed by atoms with E-state index in [0.717, 1.165) is 23.6 Å². The molecule has 0 spiro atoms. The van der Waals surface area contributed by atoms with Gasteiger partial charge >= 0.3 is 6.03 Å². The standard InChI is InChI=1S/C18H22N4O2/c1-22(2)17-14(7-5-9-19-17)11-20-18(23)21-12-15-10-13-6-3-4-8-16(13)24-15/h3-9,15H,10-12H2,1-2H3,(H2,20,21,23)/t15-/m0/s1. The number of ether oxygens (including phenoxy) is 1. The lowest BCUT2D eigenvalue weighted by Gasteiger charge is -2.17. The number of fused-ring (bicyclic) bond motifs is 1. The van der Waals surface area contributed by atoms with Crippen LogP contribution in [-0.4, -0.2) is 37.8 Å². The molecule has 0 bridgehead atoms. The van der Waals surface area contributed by atoms with Gasteiger partial charge in [0.1, 0.15) is 17.7 Å². The molecule has 2 aromatic rings. The van der Waals surface area contributed by atoms with Crippen LogP contribution in [0.15, 0.2) is 42.6 Å². The summed E-state index contributed by atoms with van der Waals surface area (Å²) in [6.07, 6.45) is 2.56. The smallest absolute Gasteiger partial charge is 0.315 e. The summed E-state index contributed by atoms with van der Waals surface area (Å²) in [5.41, 5.74) is 2.16. The number of para-hydroxylation sites is 1. The number of pyridine rings is 1. The molecule has 0 aliphatic carbocycles. The van der Waals surface area contributed by atoms with Gasteiger partial charge in [-0.3, -0.25) is 0 Å². The maximum absolute atomic E-state index is 12.0. The number of carbonyl (C=O) groups is 1. The number of hydrogen-bond donors (Lipinski definition) is 2. The van der Waals surface area contributed by atoms with Crippen LogP contribution < -0.4 is 20.3 Å². The summed E-state index contributed by atoms with van der Waals surface area (Å²) in [7, 11) is 3.86. The third kappa shape index (κ3) is 3.76. The fourth-order valence-corrected chi connectivity index (χ4v) is 2.78. The molecule has 0 fully saturated rings. The zero-order chi connectivity index (χ0) is 16.9. The molecule has 2 N–H and O–H groups in total. The first-order valence-corrected chi connectivity index (χ1v) is 8.01. The second-order valence-electron chi connectivity index (χ2n) is 6.00. The van der Waals surface area contributed by atoms with Crippen LogP contribution in [0, 0.1) is 0 Å². The third-order valence-corrected chi connectivity index (χ3v) is 3.93. The highest BCUT2D eigenvalue weighted by molar-refractivity contribution is 5.74. The Morgan fingerprint density at radius 1 is 1.25 bits per heavy atom. The van der Waals surface area contributed by atoms with Crippen LogP contribution in [0.2, 0.25) is 0 Å². The predicted octanol–water partition coefficient (Wildman–Crippen LogP) is 1.95. The van der Waals surface area contributed by atoms with Crippen molar-refractivity contribution in [2.24, 2.45) is 0 Å². The van der Waals surface area contributed by atoms with Crippen molar-refractivity contribution in [1.29, 1.82) is 0 Å². The molecule has 2 heterocycles. The number of benzene rings is 1. The average Bonchev–Trinajstić information content (AvgIpc) is 3.01. The van der Waals surface area contributed by atoms with E-state index in [4.69, 9.17) is 4.74 Å². The Balaban J connectivity index is 1.46. The normalized spacial score (nSPS) is 15.3. The van der Waals surface area contributed by atoms with Crippen LogP contribution in [-0.2, 0) is 13.0 Å². The van der Waals surface area contributed by atoms with Crippen LogP contribution in [0.25, 0.3) is 0 Å². The lowest BCUT2D eigenvalue weighted by atomic mass is 10.1. The molecule has 6 nitrogen and oxygen atoms in total. The minimum Gasteiger partial charge on any atom is -0.488 e. The van der Waals surface area contributed by atoms with Gasteiger partial charge in [0.05, 0.1) is 6.54 Å². The van der Waals surface area contributed by atoms with Gasteiger partial charge in [-0.2, -0.15) is 0 Å². The highest BCUT2D eigenvalue weighted by Crippen LogP contribution is 2.27. The molecule has 24 heavy (non-hydrogen) atoms. The van der Waals surface area contributed by atoms with E-state index >= 15 is 0 Å². The van der Waals surface area contributed by atoms with Crippen LogP contribution in [0.1, 0.15) is 11.1 Å². The Bertz CT molecular complexity index is 693. The van der Waals surface area contributed by atoms with Gasteiger partial charge in [0.2, 0.25) is 0 Å². The number of nitrogens with zero attached hydrogens (tertiary/aromatic N) is 2. The maximum atomic E-state index is 12.0. The summed E-state index contributed by atoms with van der Waals surface area (Å²) < 4.78 is 5.81. The van der Waals surface area contributed by atoms with E-state index < -0.39 is 0 Å². The van der Waals surface area contributed by atoms with Crippen molar-refractivity contribution in [1.82, 2.24) is 15.6 Å². The Morgan fingerprint density at radius 3 is 2.88 bits per heavy atom. The van der Waals surface area contributed by atoms with Gasteiger partial charge in [0, 0.05) is 38.8 Å². The highest BCUT2D eigenvalue weighted by atomic mass is 16.5. The topological polar surface area (TPSA) is 66.5 Å². The first kappa shape index (κ1) is 16.1. The molecule has 0 saturated heterocycles. The van der Waals surface area contributed by atoms with Gasteiger partial charge in [-0.1, -0.05) is 24.3 Å². The molecule has 1 aliphatic heterocycles. The van der Waals surface area contributed by atoms with Crippen molar-refractivity contribution >= 4 is 11.8 Å². The fraction of sp³-hybridized carbons (Fsp3) is 0.333. The number of hydrogen-bond acceptors (Lipinski definition) is 4. The SMILES string of the molecule is CN(C)c1ncccc1CNC(=O)NC[C@@H]1Cc2ccccc2O1. The quantitative estimate of drug-likeness (QED) is 0.881. The second-order valence-corrected chi connectivity index (χ2v) is 6.00. The average molecular weight is 326 g/mol. The van der Waals surface area contributed by atoms with Gasteiger partial charge in [-0.15, -0.1) is 0 Å². The molecule has 0 saturated carbocycles. The van der Waals surface area contributed by atoms with E-state index in [1.165, 1.54) is 5.56 Å². The lowest BCUT2D eigenvalue weighted by molar-refractivity contribution is 0.214. The van der Waals surface area contributed by atoms with Gasteiger partial charge in [0.25, 0.3) is 0 Å². The molecular weight excluding hydrogens is 304 g/mol. The molecule has 126 valence electrons. The molecule has 0 unspecified atom stereocenters. The minimum atomic E-state index is -0.205. The molecule has 2 amide bonds. The Labute approximate surface area is 141 Å². The van der Waals surface area contributed by atoms with E-state index in [2.05, 4.69) is 21.7 Å². The van der Waals surface area contributed by atoms with E-state index in [0.29, 0.717) is 13.1 Å². The molecule has 3 rings (SSSR count). The van der Waals surface area contributed by atoms with Gasteiger partial charge in [-0.05, 0) is 17.7 Å². The molecule has 0 radical (unpaired) electrons. The summed E-state index contributed by atoms with van der Waals surface area (Å²) in [5, 5.41) is 5.74. The van der Waals surface area contributed by atoms with E-state index in [1.807, 2.05) is 49.3 Å². The Morgan fingerprint density at radius 2 is 2.08 bits per heavy atom. The summed E-state index contributed by atoms with van der Waals surface area (Å²) in [6.45, 7) is 0.910. The lowest BCUT2D eigenvalue weighted by Crippen LogP contribution is -2.40. The van der Waals surface area contributed by atoms with Crippen LogP contribution in [0.5, 0.6) is 5.75 Å². The molecule has 1 aromatic heterocycles. The number of rotatable bonds is 5. The van der Waals surface area contributed by atoms with Crippen molar-refractivity contribution in [3.05, 3.63) is 53.7 Å². The summed E-state index contributed by atoms with van der Waals surface area (Å²) >= 11 is 0. The highest BCUT2D eigenvalue weighted by Gasteiger charge is 2.22. The third-order valence-electron chi connectivity index (χ3n) is 3.93. The van der Waals surface area contributed by atoms with Gasteiger partial charge in [-0.25, -0.2) is 9.78 Å². The minimum absolute atomic E-state index is 0.0103. The molecule has 1 aliphatic rings. The number of amides is 2. The number of nitrogens with one attached hydrogen (secondary N) is 2.